The lowest BCUT2D eigenvalue weighted by atomic mass is 10.2. The maximum atomic E-state index is 12.3. The molecule has 1 N–H and O–H groups in total. The first-order valence-corrected chi connectivity index (χ1v) is 9.02. The Bertz CT molecular complexity index is 987. The van der Waals surface area contributed by atoms with Crippen LogP contribution in [0.2, 0.25) is 0 Å². The molecule has 0 saturated carbocycles. The number of hydrogen-bond donors (Lipinski definition) is 1. The molecule has 0 aliphatic rings. The van der Waals surface area contributed by atoms with E-state index in [4.69, 9.17) is 14.2 Å². The summed E-state index contributed by atoms with van der Waals surface area (Å²) in [4.78, 5) is 12.3. The molecule has 0 aliphatic heterocycles. The van der Waals surface area contributed by atoms with Crippen LogP contribution < -0.4 is 19.6 Å². The second kappa shape index (κ2) is 9.94. The minimum Gasteiger partial charge on any atom is -0.496 e. The third-order valence-corrected chi connectivity index (χ3v) is 4.16. The molecule has 29 heavy (non-hydrogen) atoms. The lowest BCUT2D eigenvalue weighted by Gasteiger charge is -2.11. The standard InChI is InChI=1S/C23H22N2O4/c1-27-20-11-7-6-10-19(20)23(26)25-24-15-18-12-13-21(22(14-18)28-2)29-16-17-8-4-3-5-9-17/h3-15H,16H2,1-2H3,(H,25,26)/b24-15-. The van der Waals surface area contributed by atoms with Crippen LogP contribution in [0.15, 0.2) is 77.9 Å². The van der Waals surface area contributed by atoms with Gasteiger partial charge in [0.25, 0.3) is 5.91 Å². The van der Waals surface area contributed by atoms with E-state index in [2.05, 4.69) is 10.5 Å². The summed E-state index contributed by atoms with van der Waals surface area (Å²) in [7, 11) is 3.10. The summed E-state index contributed by atoms with van der Waals surface area (Å²) >= 11 is 0. The van der Waals surface area contributed by atoms with E-state index in [-0.39, 0.29) is 5.91 Å². The lowest BCUT2D eigenvalue weighted by Crippen LogP contribution is -2.18. The van der Waals surface area contributed by atoms with Crippen LogP contribution in [0, 0.1) is 0 Å². The zero-order valence-corrected chi connectivity index (χ0v) is 16.3. The highest BCUT2D eigenvalue weighted by Gasteiger charge is 2.10. The summed E-state index contributed by atoms with van der Waals surface area (Å²) in [5.74, 6) is 1.35. The number of carbonyl (C=O) groups excluding carboxylic acids is 1. The number of methoxy groups -OCH3 is 2. The fourth-order valence-electron chi connectivity index (χ4n) is 2.68. The van der Waals surface area contributed by atoms with Crippen molar-refractivity contribution in [3.05, 3.63) is 89.5 Å². The molecule has 3 aromatic rings. The Kier molecular flexibility index (Phi) is 6.84. The Balaban J connectivity index is 1.64. The molecule has 0 bridgehead atoms. The van der Waals surface area contributed by atoms with Crippen molar-refractivity contribution in [1.29, 1.82) is 0 Å². The SMILES string of the molecule is COc1cc(/C=N\NC(=O)c2ccccc2OC)ccc1OCc1ccccc1. The lowest BCUT2D eigenvalue weighted by molar-refractivity contribution is 0.0952. The highest BCUT2D eigenvalue weighted by atomic mass is 16.5. The summed E-state index contributed by atoms with van der Waals surface area (Å²) < 4.78 is 16.4. The number of benzene rings is 3. The van der Waals surface area contributed by atoms with Gasteiger partial charge in [0.15, 0.2) is 11.5 Å². The van der Waals surface area contributed by atoms with Gasteiger partial charge in [-0.1, -0.05) is 42.5 Å². The van der Waals surface area contributed by atoms with Crippen LogP contribution in [0.1, 0.15) is 21.5 Å². The fourth-order valence-corrected chi connectivity index (χ4v) is 2.68. The van der Waals surface area contributed by atoms with Gasteiger partial charge in [-0.3, -0.25) is 4.79 Å². The van der Waals surface area contributed by atoms with Gasteiger partial charge in [-0.2, -0.15) is 5.10 Å². The van der Waals surface area contributed by atoms with Crippen molar-refractivity contribution >= 4 is 12.1 Å². The van der Waals surface area contributed by atoms with Crippen LogP contribution in [0.4, 0.5) is 0 Å². The molecule has 0 atom stereocenters. The zero-order chi connectivity index (χ0) is 20.5. The Morgan fingerprint density at radius 2 is 1.62 bits per heavy atom. The molecule has 0 radical (unpaired) electrons. The van der Waals surface area contributed by atoms with E-state index in [1.165, 1.54) is 13.3 Å². The Labute approximate surface area is 169 Å². The van der Waals surface area contributed by atoms with E-state index in [0.29, 0.717) is 29.4 Å². The van der Waals surface area contributed by atoms with Crippen molar-refractivity contribution in [2.75, 3.05) is 14.2 Å². The van der Waals surface area contributed by atoms with Crippen molar-refractivity contribution in [2.24, 2.45) is 5.10 Å². The van der Waals surface area contributed by atoms with Gasteiger partial charge in [0.05, 0.1) is 26.0 Å². The average Bonchev–Trinajstić information content (AvgIpc) is 2.78. The number of ether oxygens (including phenoxy) is 3. The van der Waals surface area contributed by atoms with E-state index >= 15 is 0 Å². The topological polar surface area (TPSA) is 69.2 Å². The first-order chi connectivity index (χ1) is 14.2. The highest BCUT2D eigenvalue weighted by Crippen LogP contribution is 2.28. The van der Waals surface area contributed by atoms with Crippen molar-refractivity contribution in [1.82, 2.24) is 5.43 Å². The first kappa shape index (κ1) is 19.9. The van der Waals surface area contributed by atoms with Crippen LogP contribution in [-0.2, 0) is 6.61 Å². The van der Waals surface area contributed by atoms with Gasteiger partial charge in [0.1, 0.15) is 12.4 Å². The maximum absolute atomic E-state index is 12.3. The number of amides is 1. The molecule has 0 fully saturated rings. The summed E-state index contributed by atoms with van der Waals surface area (Å²) in [5.41, 5.74) is 4.74. The number of para-hydroxylation sites is 1. The molecule has 0 aliphatic carbocycles. The van der Waals surface area contributed by atoms with E-state index in [1.54, 1.807) is 37.4 Å². The minimum atomic E-state index is -0.353. The molecule has 0 aromatic heterocycles. The van der Waals surface area contributed by atoms with Crippen LogP contribution in [-0.4, -0.2) is 26.3 Å². The Morgan fingerprint density at radius 3 is 2.38 bits per heavy atom. The van der Waals surface area contributed by atoms with E-state index < -0.39 is 0 Å². The minimum absolute atomic E-state index is 0.353. The number of nitrogens with zero attached hydrogens (tertiary/aromatic N) is 1. The van der Waals surface area contributed by atoms with Crippen LogP contribution >= 0.6 is 0 Å². The number of nitrogens with one attached hydrogen (secondary N) is 1. The molecular weight excluding hydrogens is 368 g/mol. The molecule has 0 heterocycles. The largest absolute Gasteiger partial charge is 0.496 e. The van der Waals surface area contributed by atoms with Gasteiger partial charge in [-0.05, 0) is 41.5 Å². The number of hydrogen-bond acceptors (Lipinski definition) is 5. The van der Waals surface area contributed by atoms with Gasteiger partial charge in [0, 0.05) is 0 Å². The predicted molar refractivity (Wildman–Crippen MR) is 112 cm³/mol. The summed E-state index contributed by atoms with van der Waals surface area (Å²) in [5, 5.41) is 4.02. The normalized spacial score (nSPS) is 10.6. The fraction of sp³-hybridized carbons (Fsp3) is 0.130. The van der Waals surface area contributed by atoms with Crippen LogP contribution in [0.5, 0.6) is 17.2 Å². The van der Waals surface area contributed by atoms with E-state index in [9.17, 15) is 4.79 Å². The summed E-state index contributed by atoms with van der Waals surface area (Å²) in [6.07, 6.45) is 1.54. The molecule has 0 saturated heterocycles. The van der Waals surface area contributed by atoms with Crippen LogP contribution in [0.3, 0.4) is 0 Å². The summed E-state index contributed by atoms with van der Waals surface area (Å²) in [6.45, 7) is 0.444. The van der Waals surface area contributed by atoms with Gasteiger partial charge >= 0.3 is 0 Å². The second-order valence-electron chi connectivity index (χ2n) is 6.08. The number of carbonyl (C=O) groups is 1. The predicted octanol–water partition coefficient (Wildman–Crippen LogP) is 4.05. The molecule has 0 spiro atoms. The van der Waals surface area contributed by atoms with Crippen molar-refractivity contribution in [3.8, 4) is 17.2 Å². The van der Waals surface area contributed by atoms with E-state index in [1.807, 2.05) is 42.5 Å². The molecule has 0 unspecified atom stereocenters. The quantitative estimate of drug-likeness (QED) is 0.465. The van der Waals surface area contributed by atoms with Crippen LogP contribution in [0.25, 0.3) is 0 Å². The highest BCUT2D eigenvalue weighted by molar-refractivity contribution is 5.97. The number of hydrazone groups is 1. The zero-order valence-electron chi connectivity index (χ0n) is 16.3. The molecule has 1 amide bonds. The van der Waals surface area contributed by atoms with Gasteiger partial charge in [-0.25, -0.2) is 5.43 Å². The van der Waals surface area contributed by atoms with Crippen molar-refractivity contribution in [3.63, 3.8) is 0 Å². The molecule has 148 valence electrons. The molecule has 6 nitrogen and oxygen atoms in total. The number of rotatable bonds is 8. The van der Waals surface area contributed by atoms with E-state index in [0.717, 1.165) is 11.1 Å². The Morgan fingerprint density at radius 1 is 0.897 bits per heavy atom. The molecular formula is C23H22N2O4. The Hall–Kier alpha value is -3.80. The third-order valence-electron chi connectivity index (χ3n) is 4.16. The smallest absolute Gasteiger partial charge is 0.275 e. The average molecular weight is 390 g/mol. The van der Waals surface area contributed by atoms with Crippen molar-refractivity contribution < 1.29 is 19.0 Å². The van der Waals surface area contributed by atoms with Gasteiger partial charge < -0.3 is 14.2 Å². The summed E-state index contributed by atoms with van der Waals surface area (Å²) in [6, 6.07) is 22.3. The molecule has 3 aromatic carbocycles. The van der Waals surface area contributed by atoms with Crippen molar-refractivity contribution in [2.45, 2.75) is 6.61 Å². The first-order valence-electron chi connectivity index (χ1n) is 9.02. The van der Waals surface area contributed by atoms with Gasteiger partial charge in [0.2, 0.25) is 0 Å². The monoisotopic (exact) mass is 390 g/mol. The third kappa shape index (κ3) is 5.35. The second-order valence-corrected chi connectivity index (χ2v) is 6.08. The molecule has 3 rings (SSSR count). The molecule has 6 heteroatoms. The maximum Gasteiger partial charge on any atom is 0.275 e. The van der Waals surface area contributed by atoms with Gasteiger partial charge in [-0.15, -0.1) is 0 Å².